The Balaban J connectivity index is 2.39. The molecule has 21 heavy (non-hydrogen) atoms. The minimum absolute atomic E-state index is 0.156. The highest BCUT2D eigenvalue weighted by molar-refractivity contribution is 5.31. The smallest absolute Gasteiger partial charge is 0.119 e. The van der Waals surface area contributed by atoms with Crippen LogP contribution in [0.2, 0.25) is 0 Å². The molecule has 0 atom stereocenters. The minimum Gasteiger partial charge on any atom is -0.492 e. The molecule has 0 fully saturated rings. The van der Waals surface area contributed by atoms with Gasteiger partial charge in [-0.1, -0.05) is 46.8 Å². The van der Waals surface area contributed by atoms with Crippen LogP contribution in [-0.4, -0.2) is 38.2 Å². The Labute approximate surface area is 130 Å². The highest BCUT2D eigenvalue weighted by Crippen LogP contribution is 2.24. The van der Waals surface area contributed by atoms with E-state index < -0.39 is 0 Å². The SMILES string of the molecule is CN(CCOc1ccc(C(C)(C)C)cc1)CC(C)(C)CN. The summed E-state index contributed by atoms with van der Waals surface area (Å²) in [6.45, 7) is 14.3. The molecule has 3 nitrogen and oxygen atoms in total. The lowest BCUT2D eigenvalue weighted by atomic mass is 9.87. The Hall–Kier alpha value is -1.06. The van der Waals surface area contributed by atoms with Crippen LogP contribution in [0.25, 0.3) is 0 Å². The second kappa shape index (κ2) is 7.28. The fourth-order valence-electron chi connectivity index (χ4n) is 2.24. The second-order valence-corrected chi connectivity index (χ2v) is 7.73. The number of ether oxygens (including phenoxy) is 1. The fraction of sp³-hybridized carbons (Fsp3) is 0.667. The van der Waals surface area contributed by atoms with Crippen LogP contribution in [0.3, 0.4) is 0 Å². The first-order valence-corrected chi connectivity index (χ1v) is 7.76. The molecule has 120 valence electrons. The molecule has 0 aliphatic rings. The van der Waals surface area contributed by atoms with Crippen molar-refractivity contribution in [3.8, 4) is 5.75 Å². The molecule has 0 aliphatic heterocycles. The predicted octanol–water partition coefficient (Wildman–Crippen LogP) is 3.28. The summed E-state index contributed by atoms with van der Waals surface area (Å²) in [6.07, 6.45) is 0. The highest BCUT2D eigenvalue weighted by Gasteiger charge is 2.18. The number of nitrogens with two attached hydrogens (primary N) is 1. The van der Waals surface area contributed by atoms with E-state index in [4.69, 9.17) is 10.5 Å². The first kappa shape index (κ1) is 18.0. The van der Waals surface area contributed by atoms with Crippen LogP contribution in [0.4, 0.5) is 0 Å². The summed E-state index contributed by atoms with van der Waals surface area (Å²) in [5.41, 5.74) is 7.44. The summed E-state index contributed by atoms with van der Waals surface area (Å²) in [4.78, 5) is 2.27. The van der Waals surface area contributed by atoms with Crippen molar-refractivity contribution in [1.82, 2.24) is 4.90 Å². The average molecular weight is 292 g/mol. The van der Waals surface area contributed by atoms with Gasteiger partial charge in [0.25, 0.3) is 0 Å². The molecule has 0 bridgehead atoms. The molecule has 0 amide bonds. The maximum atomic E-state index is 5.82. The molecular formula is C18H32N2O. The van der Waals surface area contributed by atoms with Gasteiger partial charge < -0.3 is 15.4 Å². The van der Waals surface area contributed by atoms with Crippen molar-refractivity contribution in [2.75, 3.05) is 33.3 Å². The Kier molecular flexibility index (Phi) is 6.24. The summed E-state index contributed by atoms with van der Waals surface area (Å²) in [5.74, 6) is 0.939. The van der Waals surface area contributed by atoms with Crippen LogP contribution < -0.4 is 10.5 Å². The van der Waals surface area contributed by atoms with Crippen LogP contribution in [0.5, 0.6) is 5.75 Å². The molecular weight excluding hydrogens is 260 g/mol. The summed E-state index contributed by atoms with van der Waals surface area (Å²) < 4.78 is 5.82. The van der Waals surface area contributed by atoms with Gasteiger partial charge in [-0.2, -0.15) is 0 Å². The molecule has 1 aromatic rings. The standard InChI is InChI=1S/C18H32N2O/c1-17(2,3)15-7-9-16(10-8-15)21-12-11-20(6)14-18(4,5)13-19/h7-10H,11-14,19H2,1-6H3. The molecule has 0 saturated heterocycles. The van der Waals surface area contributed by atoms with Crippen molar-refractivity contribution < 1.29 is 4.74 Å². The van der Waals surface area contributed by atoms with Crippen LogP contribution in [-0.2, 0) is 5.41 Å². The summed E-state index contributed by atoms with van der Waals surface area (Å²) in [7, 11) is 2.11. The number of nitrogens with zero attached hydrogens (tertiary/aromatic N) is 1. The van der Waals surface area contributed by atoms with Crippen molar-refractivity contribution in [3.05, 3.63) is 29.8 Å². The fourth-order valence-corrected chi connectivity index (χ4v) is 2.24. The normalized spacial score (nSPS) is 12.8. The predicted molar refractivity (Wildman–Crippen MR) is 91.0 cm³/mol. The Morgan fingerprint density at radius 2 is 1.62 bits per heavy atom. The van der Waals surface area contributed by atoms with Crippen LogP contribution in [0.15, 0.2) is 24.3 Å². The zero-order valence-electron chi connectivity index (χ0n) is 14.6. The number of hydrogen-bond donors (Lipinski definition) is 1. The molecule has 0 heterocycles. The van der Waals surface area contributed by atoms with E-state index in [1.54, 1.807) is 0 Å². The number of hydrogen-bond acceptors (Lipinski definition) is 3. The first-order valence-electron chi connectivity index (χ1n) is 7.76. The summed E-state index contributed by atoms with van der Waals surface area (Å²) in [5, 5.41) is 0. The van der Waals surface area contributed by atoms with Gasteiger partial charge in [0, 0.05) is 13.1 Å². The van der Waals surface area contributed by atoms with Crippen molar-refractivity contribution in [2.45, 2.75) is 40.0 Å². The van der Waals surface area contributed by atoms with Gasteiger partial charge in [0.1, 0.15) is 12.4 Å². The maximum absolute atomic E-state index is 5.82. The quantitative estimate of drug-likeness (QED) is 0.838. The molecule has 0 spiro atoms. The van der Waals surface area contributed by atoms with Gasteiger partial charge in [0.05, 0.1) is 0 Å². The second-order valence-electron chi connectivity index (χ2n) is 7.73. The van der Waals surface area contributed by atoms with Gasteiger partial charge in [-0.25, -0.2) is 0 Å². The highest BCUT2D eigenvalue weighted by atomic mass is 16.5. The maximum Gasteiger partial charge on any atom is 0.119 e. The minimum atomic E-state index is 0.156. The Morgan fingerprint density at radius 1 is 1.05 bits per heavy atom. The van der Waals surface area contributed by atoms with E-state index in [0.717, 1.165) is 18.8 Å². The molecule has 3 heteroatoms. The first-order chi connectivity index (χ1) is 9.64. The molecule has 0 saturated carbocycles. The monoisotopic (exact) mass is 292 g/mol. The molecule has 0 radical (unpaired) electrons. The molecule has 0 unspecified atom stereocenters. The Morgan fingerprint density at radius 3 is 2.10 bits per heavy atom. The van der Waals surface area contributed by atoms with Gasteiger partial charge in [0.15, 0.2) is 0 Å². The lowest BCUT2D eigenvalue weighted by Gasteiger charge is -2.28. The molecule has 2 N–H and O–H groups in total. The largest absolute Gasteiger partial charge is 0.492 e. The molecule has 0 aromatic heterocycles. The van der Waals surface area contributed by atoms with Gasteiger partial charge in [-0.05, 0) is 42.1 Å². The molecule has 1 rings (SSSR count). The summed E-state index contributed by atoms with van der Waals surface area (Å²) in [6, 6.07) is 8.42. The zero-order valence-corrected chi connectivity index (χ0v) is 14.6. The van der Waals surface area contributed by atoms with Crippen LogP contribution in [0.1, 0.15) is 40.2 Å². The van der Waals surface area contributed by atoms with Crippen molar-refractivity contribution in [3.63, 3.8) is 0 Å². The van der Waals surface area contributed by atoms with Gasteiger partial charge >= 0.3 is 0 Å². The van der Waals surface area contributed by atoms with E-state index >= 15 is 0 Å². The number of rotatable bonds is 7. The molecule has 0 aliphatic carbocycles. The van der Waals surface area contributed by atoms with Crippen molar-refractivity contribution >= 4 is 0 Å². The van der Waals surface area contributed by atoms with E-state index in [2.05, 4.69) is 70.8 Å². The van der Waals surface area contributed by atoms with E-state index in [1.165, 1.54) is 5.56 Å². The third kappa shape index (κ3) is 6.49. The van der Waals surface area contributed by atoms with Gasteiger partial charge in [0.2, 0.25) is 0 Å². The van der Waals surface area contributed by atoms with Gasteiger partial charge in [-0.15, -0.1) is 0 Å². The van der Waals surface area contributed by atoms with E-state index in [0.29, 0.717) is 13.2 Å². The average Bonchev–Trinajstić information content (AvgIpc) is 2.37. The van der Waals surface area contributed by atoms with Crippen LogP contribution >= 0.6 is 0 Å². The molecule has 1 aromatic carbocycles. The van der Waals surface area contributed by atoms with Crippen molar-refractivity contribution in [2.24, 2.45) is 11.1 Å². The third-order valence-electron chi connectivity index (χ3n) is 3.71. The topological polar surface area (TPSA) is 38.5 Å². The lowest BCUT2D eigenvalue weighted by molar-refractivity contribution is 0.181. The van der Waals surface area contributed by atoms with Crippen molar-refractivity contribution in [1.29, 1.82) is 0 Å². The third-order valence-corrected chi connectivity index (χ3v) is 3.71. The lowest BCUT2D eigenvalue weighted by Crippen LogP contribution is -2.38. The Bertz CT molecular complexity index is 418. The van der Waals surface area contributed by atoms with E-state index in [1.807, 2.05) is 0 Å². The summed E-state index contributed by atoms with van der Waals surface area (Å²) >= 11 is 0. The van der Waals surface area contributed by atoms with Gasteiger partial charge in [-0.3, -0.25) is 0 Å². The van der Waals surface area contributed by atoms with E-state index in [-0.39, 0.29) is 10.8 Å². The number of likely N-dealkylation sites (N-methyl/N-ethyl adjacent to an activating group) is 1. The zero-order chi connectivity index (χ0) is 16.1. The van der Waals surface area contributed by atoms with E-state index in [9.17, 15) is 0 Å². The van der Waals surface area contributed by atoms with Crippen LogP contribution in [0, 0.1) is 5.41 Å². The number of benzene rings is 1.